The highest BCUT2D eigenvalue weighted by Crippen LogP contribution is 2.32. The Kier molecular flexibility index (Phi) is 4.95. The lowest BCUT2D eigenvalue weighted by Crippen LogP contribution is -2.44. The molecule has 1 aliphatic heterocycles. The summed E-state index contributed by atoms with van der Waals surface area (Å²) in [5.74, 6) is -0.909. The summed E-state index contributed by atoms with van der Waals surface area (Å²) in [5.41, 5.74) is 0.0484. The van der Waals surface area contributed by atoms with Crippen molar-refractivity contribution in [3.63, 3.8) is 0 Å². The molecule has 2 aromatic rings. The summed E-state index contributed by atoms with van der Waals surface area (Å²) in [6.07, 6.45) is 0.383. The van der Waals surface area contributed by atoms with Crippen molar-refractivity contribution in [2.75, 3.05) is 11.9 Å². The molecular formula is C19H18ClN3O3. The Hall–Kier alpha value is -2.86. The fraction of sp³-hybridized carbons (Fsp3) is 0.211. The molecule has 1 saturated heterocycles. The zero-order valence-corrected chi connectivity index (χ0v) is 14.9. The Bertz CT molecular complexity index is 856. The fourth-order valence-corrected chi connectivity index (χ4v) is 3.23. The Balaban J connectivity index is 1.77. The number of urea groups is 1. The van der Waals surface area contributed by atoms with Gasteiger partial charge in [-0.25, -0.2) is 4.79 Å². The number of rotatable bonds is 5. The normalized spacial score (nSPS) is 19.4. The number of halogens is 1. The molecule has 1 atom stereocenters. The Morgan fingerprint density at radius 1 is 1.15 bits per heavy atom. The first-order valence-corrected chi connectivity index (χ1v) is 8.59. The number of carbonyl (C=O) groups excluding carboxylic acids is 3. The van der Waals surface area contributed by atoms with E-state index >= 15 is 0 Å². The summed E-state index contributed by atoms with van der Waals surface area (Å²) in [6.45, 7) is 1.45. The van der Waals surface area contributed by atoms with Crippen LogP contribution in [0.4, 0.5) is 10.5 Å². The number of nitrogens with one attached hydrogen (secondary N) is 2. The topological polar surface area (TPSA) is 78.5 Å². The number of hydrogen-bond donors (Lipinski definition) is 2. The minimum Gasteiger partial charge on any atom is -0.324 e. The zero-order chi connectivity index (χ0) is 18.7. The van der Waals surface area contributed by atoms with Gasteiger partial charge < -0.3 is 10.6 Å². The average Bonchev–Trinajstić information content (AvgIpc) is 2.87. The molecule has 2 aromatic carbocycles. The summed E-state index contributed by atoms with van der Waals surface area (Å²) in [6, 6.07) is 15.1. The number of benzene rings is 2. The van der Waals surface area contributed by atoms with E-state index in [9.17, 15) is 14.4 Å². The lowest BCUT2D eigenvalue weighted by atomic mass is 9.87. The fourth-order valence-electron chi connectivity index (χ4n) is 3.04. The van der Waals surface area contributed by atoms with Crippen molar-refractivity contribution in [2.24, 2.45) is 0 Å². The van der Waals surface area contributed by atoms with E-state index in [1.165, 1.54) is 0 Å². The summed E-state index contributed by atoms with van der Waals surface area (Å²) in [7, 11) is 0. The van der Waals surface area contributed by atoms with Gasteiger partial charge in [0, 0.05) is 10.7 Å². The van der Waals surface area contributed by atoms with Gasteiger partial charge in [-0.2, -0.15) is 0 Å². The molecule has 0 bridgehead atoms. The van der Waals surface area contributed by atoms with Gasteiger partial charge >= 0.3 is 6.03 Å². The van der Waals surface area contributed by atoms with Gasteiger partial charge in [0.05, 0.1) is 0 Å². The maximum Gasteiger partial charge on any atom is 0.325 e. The number of amides is 4. The first kappa shape index (κ1) is 17.9. The zero-order valence-electron chi connectivity index (χ0n) is 14.2. The van der Waals surface area contributed by atoms with Crippen molar-refractivity contribution in [1.82, 2.24) is 10.2 Å². The van der Waals surface area contributed by atoms with E-state index in [0.29, 0.717) is 22.7 Å². The summed E-state index contributed by atoms with van der Waals surface area (Å²) >= 11 is 5.89. The molecule has 2 N–H and O–H groups in total. The number of nitrogens with zero attached hydrogens (tertiary/aromatic N) is 1. The first-order valence-electron chi connectivity index (χ1n) is 8.21. The molecule has 1 aliphatic rings. The van der Waals surface area contributed by atoms with E-state index in [1.54, 1.807) is 48.5 Å². The second kappa shape index (κ2) is 7.17. The maximum atomic E-state index is 13.0. The Morgan fingerprint density at radius 3 is 2.54 bits per heavy atom. The molecule has 0 spiro atoms. The molecule has 6 nitrogen and oxygen atoms in total. The number of anilines is 1. The van der Waals surface area contributed by atoms with Crippen LogP contribution in [0.3, 0.4) is 0 Å². The first-order chi connectivity index (χ1) is 12.5. The van der Waals surface area contributed by atoms with Crippen LogP contribution in [-0.4, -0.2) is 29.3 Å². The Morgan fingerprint density at radius 2 is 1.88 bits per heavy atom. The van der Waals surface area contributed by atoms with Gasteiger partial charge in [0.15, 0.2) is 0 Å². The van der Waals surface area contributed by atoms with Crippen molar-refractivity contribution in [3.05, 3.63) is 65.2 Å². The summed E-state index contributed by atoms with van der Waals surface area (Å²) in [5, 5.41) is 5.87. The highest BCUT2D eigenvalue weighted by Gasteiger charge is 2.51. The SMILES string of the molecule is CC[C@@]1(c2ccccc2)NC(=O)N(CC(=O)Nc2cccc(Cl)c2)C1=O. The van der Waals surface area contributed by atoms with E-state index < -0.39 is 23.4 Å². The van der Waals surface area contributed by atoms with Gasteiger partial charge in [0.2, 0.25) is 5.91 Å². The van der Waals surface area contributed by atoms with Crippen molar-refractivity contribution in [2.45, 2.75) is 18.9 Å². The highest BCUT2D eigenvalue weighted by atomic mass is 35.5. The number of hydrogen-bond acceptors (Lipinski definition) is 3. The molecule has 134 valence electrons. The summed E-state index contributed by atoms with van der Waals surface area (Å²) in [4.78, 5) is 38.5. The van der Waals surface area contributed by atoms with Crippen LogP contribution in [0, 0.1) is 0 Å². The van der Waals surface area contributed by atoms with Crippen LogP contribution in [0.2, 0.25) is 5.02 Å². The molecule has 1 heterocycles. The third-order valence-electron chi connectivity index (χ3n) is 4.38. The lowest BCUT2D eigenvalue weighted by molar-refractivity contribution is -0.134. The molecule has 1 fully saturated rings. The molecule has 0 radical (unpaired) electrons. The van der Waals surface area contributed by atoms with Gasteiger partial charge in [0.25, 0.3) is 5.91 Å². The molecule has 7 heteroatoms. The van der Waals surface area contributed by atoms with E-state index in [2.05, 4.69) is 10.6 Å². The van der Waals surface area contributed by atoms with Crippen molar-refractivity contribution < 1.29 is 14.4 Å². The van der Waals surface area contributed by atoms with Crippen LogP contribution < -0.4 is 10.6 Å². The highest BCUT2D eigenvalue weighted by molar-refractivity contribution is 6.30. The monoisotopic (exact) mass is 371 g/mol. The largest absolute Gasteiger partial charge is 0.325 e. The lowest BCUT2D eigenvalue weighted by Gasteiger charge is -2.25. The van der Waals surface area contributed by atoms with E-state index in [1.807, 2.05) is 13.0 Å². The van der Waals surface area contributed by atoms with Crippen LogP contribution in [0.15, 0.2) is 54.6 Å². The average molecular weight is 372 g/mol. The number of imide groups is 1. The standard InChI is InChI=1S/C19H18ClN3O3/c1-2-19(13-7-4-3-5-8-13)17(25)23(18(26)22-19)12-16(24)21-15-10-6-9-14(20)11-15/h3-11H,2,12H2,1H3,(H,21,24)(H,22,26)/t19-/m0/s1. The van der Waals surface area contributed by atoms with E-state index in [4.69, 9.17) is 11.6 Å². The van der Waals surface area contributed by atoms with Crippen LogP contribution >= 0.6 is 11.6 Å². The van der Waals surface area contributed by atoms with Crippen molar-refractivity contribution in [1.29, 1.82) is 0 Å². The van der Waals surface area contributed by atoms with Gasteiger partial charge in [-0.1, -0.05) is 54.9 Å². The van der Waals surface area contributed by atoms with Gasteiger partial charge in [-0.3, -0.25) is 14.5 Å². The quantitative estimate of drug-likeness (QED) is 0.792. The molecule has 0 unspecified atom stereocenters. The van der Waals surface area contributed by atoms with Crippen LogP contribution in [0.1, 0.15) is 18.9 Å². The predicted octanol–water partition coefficient (Wildman–Crippen LogP) is 3.14. The smallest absolute Gasteiger partial charge is 0.324 e. The molecule has 3 rings (SSSR count). The van der Waals surface area contributed by atoms with Crippen LogP contribution in [-0.2, 0) is 15.1 Å². The van der Waals surface area contributed by atoms with Crippen LogP contribution in [0.25, 0.3) is 0 Å². The van der Waals surface area contributed by atoms with Crippen molar-refractivity contribution in [3.8, 4) is 0 Å². The minimum atomic E-state index is -1.14. The van der Waals surface area contributed by atoms with Gasteiger partial charge in [0.1, 0.15) is 12.1 Å². The third-order valence-corrected chi connectivity index (χ3v) is 4.62. The third kappa shape index (κ3) is 3.28. The molecule has 0 aliphatic carbocycles. The molecule has 0 saturated carbocycles. The summed E-state index contributed by atoms with van der Waals surface area (Å²) < 4.78 is 0. The second-order valence-electron chi connectivity index (χ2n) is 6.00. The minimum absolute atomic E-state index is 0.369. The van der Waals surface area contributed by atoms with E-state index in [-0.39, 0.29) is 6.54 Å². The van der Waals surface area contributed by atoms with Crippen LogP contribution in [0.5, 0.6) is 0 Å². The number of carbonyl (C=O) groups is 3. The molecular weight excluding hydrogens is 354 g/mol. The predicted molar refractivity (Wildman–Crippen MR) is 98.7 cm³/mol. The van der Waals surface area contributed by atoms with E-state index in [0.717, 1.165) is 4.90 Å². The Labute approximate surface area is 156 Å². The maximum absolute atomic E-state index is 13.0. The van der Waals surface area contributed by atoms with Gasteiger partial charge in [-0.15, -0.1) is 0 Å². The molecule has 26 heavy (non-hydrogen) atoms. The van der Waals surface area contributed by atoms with Crippen molar-refractivity contribution >= 4 is 35.1 Å². The molecule has 4 amide bonds. The second-order valence-corrected chi connectivity index (χ2v) is 6.44. The molecule has 0 aromatic heterocycles. The van der Waals surface area contributed by atoms with Gasteiger partial charge in [-0.05, 0) is 30.2 Å².